The highest BCUT2D eigenvalue weighted by Crippen LogP contribution is 2.39. The summed E-state index contributed by atoms with van der Waals surface area (Å²) in [5.74, 6) is 3.03. The number of amides is 2. The summed E-state index contributed by atoms with van der Waals surface area (Å²) in [5.41, 5.74) is 3.80. The maximum Gasteiger partial charge on any atom is 0.320 e. The number of aromatic nitrogens is 5. The molecule has 234 valence electrons. The second-order valence-electron chi connectivity index (χ2n) is 13.5. The van der Waals surface area contributed by atoms with Gasteiger partial charge in [-0.3, -0.25) is 14.4 Å². The van der Waals surface area contributed by atoms with Gasteiger partial charge in [-0.25, -0.2) is 4.79 Å². The second-order valence-corrected chi connectivity index (χ2v) is 13.5. The zero-order valence-electron chi connectivity index (χ0n) is 26.7. The zero-order chi connectivity index (χ0) is 31.0. The summed E-state index contributed by atoms with van der Waals surface area (Å²) < 4.78 is 10.4. The molecule has 3 aromatic heterocycles. The van der Waals surface area contributed by atoms with Gasteiger partial charge in [-0.2, -0.15) is 5.10 Å². The number of fused-ring (bicyclic) bond motifs is 2. The molecule has 2 atom stereocenters. The molecule has 1 aliphatic heterocycles. The van der Waals surface area contributed by atoms with Gasteiger partial charge in [-0.15, -0.1) is 10.2 Å². The molecule has 4 aromatic rings. The average molecular weight is 600 g/mol. The maximum absolute atomic E-state index is 13.1. The Morgan fingerprint density at radius 3 is 2.48 bits per heavy atom. The molecular formula is C33H45N9O2. The molecule has 6 rings (SSSR count). The van der Waals surface area contributed by atoms with Gasteiger partial charge in [0.1, 0.15) is 17.7 Å². The second kappa shape index (κ2) is 12.1. The van der Waals surface area contributed by atoms with Crippen molar-refractivity contribution in [3.8, 4) is 5.75 Å². The summed E-state index contributed by atoms with van der Waals surface area (Å²) in [6.07, 6.45) is 5.71. The van der Waals surface area contributed by atoms with Gasteiger partial charge in [0.25, 0.3) is 0 Å². The lowest BCUT2D eigenvalue weighted by Crippen LogP contribution is -2.38. The lowest BCUT2D eigenvalue weighted by molar-refractivity contribution is 0.171. The van der Waals surface area contributed by atoms with Crippen LogP contribution in [0.2, 0.25) is 0 Å². The van der Waals surface area contributed by atoms with Crippen LogP contribution in [0.1, 0.15) is 75.4 Å². The van der Waals surface area contributed by atoms with Crippen molar-refractivity contribution in [3.63, 3.8) is 0 Å². The summed E-state index contributed by atoms with van der Waals surface area (Å²) in [6, 6.07) is 13.7. The van der Waals surface area contributed by atoms with Crippen molar-refractivity contribution >= 4 is 23.4 Å². The lowest BCUT2D eigenvalue weighted by Gasteiger charge is -2.33. The van der Waals surface area contributed by atoms with E-state index >= 15 is 0 Å². The largest absolute Gasteiger partial charge is 0.484 e. The van der Waals surface area contributed by atoms with Crippen LogP contribution in [-0.4, -0.2) is 69.0 Å². The highest BCUT2D eigenvalue weighted by atomic mass is 16.5. The van der Waals surface area contributed by atoms with E-state index in [0.717, 1.165) is 79.5 Å². The van der Waals surface area contributed by atoms with E-state index in [9.17, 15) is 4.79 Å². The van der Waals surface area contributed by atoms with Crippen LogP contribution in [0.3, 0.4) is 0 Å². The third-order valence-corrected chi connectivity index (χ3v) is 8.79. The van der Waals surface area contributed by atoms with E-state index in [1.54, 1.807) is 4.68 Å². The third-order valence-electron chi connectivity index (χ3n) is 8.79. The fourth-order valence-corrected chi connectivity index (χ4v) is 6.42. The minimum absolute atomic E-state index is 0.102. The molecule has 0 radical (unpaired) electrons. The fourth-order valence-electron chi connectivity index (χ4n) is 6.42. The molecular weight excluding hydrogens is 554 g/mol. The Bertz CT molecular complexity index is 1610. The number of anilines is 2. The molecule has 1 fully saturated rings. The molecule has 0 spiro atoms. The van der Waals surface area contributed by atoms with Crippen molar-refractivity contribution in [2.75, 3.05) is 43.9 Å². The number of hydrogen-bond acceptors (Lipinski definition) is 7. The molecule has 0 saturated carbocycles. The monoisotopic (exact) mass is 599 g/mol. The molecule has 11 heteroatoms. The Hall–Kier alpha value is -4.12. The summed E-state index contributed by atoms with van der Waals surface area (Å²) in [5, 5.41) is 19.7. The smallest absolute Gasteiger partial charge is 0.320 e. The number of carbonyl (C=O) groups excluding carboxylic acids is 1. The molecule has 1 aromatic carbocycles. The van der Waals surface area contributed by atoms with E-state index in [4.69, 9.17) is 4.74 Å². The van der Waals surface area contributed by atoms with Crippen LogP contribution in [0, 0.1) is 5.92 Å². The number of nitrogens with one attached hydrogen (secondary N) is 2. The first-order chi connectivity index (χ1) is 21.0. The molecule has 2 N–H and O–H groups in total. The number of pyridine rings is 1. The fraction of sp³-hybridized carbons (Fsp3) is 0.515. The topological polar surface area (TPSA) is 105 Å². The van der Waals surface area contributed by atoms with Gasteiger partial charge in [0.2, 0.25) is 5.95 Å². The average Bonchev–Trinajstić information content (AvgIpc) is 3.57. The Balaban J connectivity index is 1.14. The summed E-state index contributed by atoms with van der Waals surface area (Å²) >= 11 is 0. The number of urea groups is 1. The molecule has 0 bridgehead atoms. The maximum atomic E-state index is 13.1. The number of carbonyl (C=O) groups is 1. The van der Waals surface area contributed by atoms with Crippen LogP contribution < -0.4 is 20.3 Å². The van der Waals surface area contributed by atoms with E-state index < -0.39 is 0 Å². The van der Waals surface area contributed by atoms with Crippen molar-refractivity contribution in [3.05, 3.63) is 65.5 Å². The van der Waals surface area contributed by atoms with E-state index in [0.29, 0.717) is 11.7 Å². The van der Waals surface area contributed by atoms with Crippen LogP contribution in [0.4, 0.5) is 16.6 Å². The van der Waals surface area contributed by atoms with E-state index in [-0.39, 0.29) is 23.6 Å². The van der Waals surface area contributed by atoms with Gasteiger partial charge >= 0.3 is 6.03 Å². The summed E-state index contributed by atoms with van der Waals surface area (Å²) in [7, 11) is 6.13. The number of aryl methyl sites for hydroxylation is 1. The number of nitrogens with zero attached hydrogens (tertiary/aromatic N) is 7. The van der Waals surface area contributed by atoms with Crippen LogP contribution >= 0.6 is 0 Å². The molecule has 2 aliphatic rings. The molecule has 0 unspecified atom stereocenters. The first-order valence-electron chi connectivity index (χ1n) is 15.7. The molecule has 11 nitrogen and oxygen atoms in total. The Morgan fingerprint density at radius 2 is 1.77 bits per heavy atom. The van der Waals surface area contributed by atoms with Crippen molar-refractivity contribution in [2.45, 2.75) is 64.0 Å². The number of ether oxygens (including phenoxy) is 1. The molecule has 4 heterocycles. The molecule has 1 saturated heterocycles. The number of hydrogen-bond donors (Lipinski definition) is 2. The number of piperidine rings is 1. The highest BCUT2D eigenvalue weighted by molar-refractivity contribution is 5.88. The first-order valence-corrected chi connectivity index (χ1v) is 15.7. The van der Waals surface area contributed by atoms with Crippen LogP contribution in [0.5, 0.6) is 5.75 Å². The van der Waals surface area contributed by atoms with Crippen molar-refractivity contribution in [1.29, 1.82) is 0 Å². The van der Waals surface area contributed by atoms with Gasteiger partial charge in [0, 0.05) is 38.2 Å². The van der Waals surface area contributed by atoms with Crippen LogP contribution in [-0.2, 0) is 12.5 Å². The highest BCUT2D eigenvalue weighted by Gasteiger charge is 2.30. The quantitative estimate of drug-likeness (QED) is 0.297. The van der Waals surface area contributed by atoms with Crippen LogP contribution in [0.25, 0.3) is 5.65 Å². The standard InChI is InChI=1S/C33H45N9O2/c1-33(2,3)28-19-30(40(6)38-28)35-31(43)34-26-12-13-27(25-10-8-7-9-24(25)26)44-23-11-14-29-36-37-32(42(29)21-23)41-17-15-22(16-18-41)20-39(4)5/h7-11,14,19,21-22,26-27H,12-13,15-18,20H2,1-6H3,(H2,34,35,43)/t26-,27+/m0/s1. The lowest BCUT2D eigenvalue weighted by atomic mass is 9.85. The Labute approximate surface area is 259 Å². The van der Waals surface area contributed by atoms with Gasteiger partial charge in [-0.1, -0.05) is 45.0 Å². The van der Waals surface area contributed by atoms with E-state index in [1.807, 2.05) is 43.6 Å². The third kappa shape index (κ3) is 6.38. The molecule has 2 amide bonds. The molecule has 44 heavy (non-hydrogen) atoms. The van der Waals surface area contributed by atoms with Crippen LogP contribution in [0.15, 0.2) is 48.7 Å². The number of rotatable bonds is 7. The van der Waals surface area contributed by atoms with Crippen molar-refractivity contribution in [2.24, 2.45) is 13.0 Å². The minimum atomic E-state index is -0.246. The van der Waals surface area contributed by atoms with Gasteiger partial charge < -0.3 is 19.9 Å². The SMILES string of the molecule is CN(C)CC1CCN(c2nnc3ccc(O[C@@H]4CC[C@H](NC(=O)Nc5cc(C(C)(C)C)nn5C)c5ccccc54)cn23)CC1. The van der Waals surface area contributed by atoms with Crippen molar-refractivity contribution in [1.82, 2.24) is 34.6 Å². The normalized spacial score (nSPS) is 19.3. The first kappa shape index (κ1) is 29.9. The zero-order valence-corrected chi connectivity index (χ0v) is 26.7. The Kier molecular flexibility index (Phi) is 8.24. The summed E-state index contributed by atoms with van der Waals surface area (Å²) in [6.45, 7) is 9.39. The number of benzene rings is 1. The van der Waals surface area contributed by atoms with Crippen molar-refractivity contribution < 1.29 is 9.53 Å². The summed E-state index contributed by atoms with van der Waals surface area (Å²) in [4.78, 5) is 17.7. The molecule has 1 aliphatic carbocycles. The van der Waals surface area contributed by atoms with E-state index in [2.05, 4.69) is 87.1 Å². The van der Waals surface area contributed by atoms with Gasteiger partial charge in [0.15, 0.2) is 5.65 Å². The Morgan fingerprint density at radius 1 is 1.02 bits per heavy atom. The predicted molar refractivity (Wildman–Crippen MR) is 172 cm³/mol. The van der Waals surface area contributed by atoms with Gasteiger partial charge in [-0.05, 0) is 69.0 Å². The predicted octanol–water partition coefficient (Wildman–Crippen LogP) is 5.32. The van der Waals surface area contributed by atoms with E-state index in [1.165, 1.54) is 0 Å². The minimum Gasteiger partial charge on any atom is -0.484 e. The van der Waals surface area contributed by atoms with Gasteiger partial charge in [0.05, 0.1) is 17.9 Å².